The third kappa shape index (κ3) is 6.30. The van der Waals surface area contributed by atoms with E-state index in [4.69, 9.17) is 14.2 Å². The largest absolute Gasteiger partial charge is 0.496 e. The highest BCUT2D eigenvalue weighted by Crippen LogP contribution is 2.55. The van der Waals surface area contributed by atoms with E-state index < -0.39 is 40.1 Å². The number of piperidine rings is 1. The molecule has 0 radical (unpaired) electrons. The van der Waals surface area contributed by atoms with Gasteiger partial charge in [0.1, 0.15) is 22.9 Å². The summed E-state index contributed by atoms with van der Waals surface area (Å²) in [6.45, 7) is 11.2. The van der Waals surface area contributed by atoms with Crippen LogP contribution >= 0.6 is 0 Å². The SMILES string of the molecule is CCC1(O)C[C@H]2CN(CCc3c([nH]c4ccccc34)[C@@](C(=O)OC)(c3cc4c(cc3OC)N(C)C3C[C@H]5N(CC=C[C@@]5(CC)[C@@H](OC(C)=O)[C@@]3(C)O)CCC4)C2)C1. The third-order valence-electron chi connectivity index (χ3n) is 14.9. The first kappa shape index (κ1) is 39.9. The minimum absolute atomic E-state index is 0.0141. The quantitative estimate of drug-likeness (QED) is 0.218. The van der Waals surface area contributed by atoms with E-state index in [0.717, 1.165) is 84.4 Å². The van der Waals surface area contributed by atoms with Crippen LogP contribution in [-0.4, -0.2) is 120 Å². The highest BCUT2D eigenvalue weighted by molar-refractivity contribution is 5.94. The summed E-state index contributed by atoms with van der Waals surface area (Å²) in [4.78, 5) is 38.7. The Morgan fingerprint density at radius 3 is 2.53 bits per heavy atom. The van der Waals surface area contributed by atoms with Crippen LogP contribution in [0.4, 0.5) is 5.69 Å². The average molecular weight is 783 g/mol. The first-order valence-electron chi connectivity index (χ1n) is 21.1. The predicted octanol–water partition coefficient (Wildman–Crippen LogP) is 5.52. The number of aryl methyl sites for hydroxylation is 1. The molecular weight excluding hydrogens is 721 g/mol. The van der Waals surface area contributed by atoms with E-state index in [9.17, 15) is 15.0 Å². The molecule has 3 aromatic rings. The first-order chi connectivity index (χ1) is 27.2. The Morgan fingerprint density at radius 1 is 1.02 bits per heavy atom. The molecule has 2 aromatic carbocycles. The van der Waals surface area contributed by atoms with Crippen LogP contribution in [0, 0.1) is 11.3 Å². The molecule has 5 aliphatic rings. The van der Waals surface area contributed by atoms with E-state index in [0.29, 0.717) is 44.4 Å². The molecule has 11 heteroatoms. The molecule has 5 heterocycles. The highest BCUT2D eigenvalue weighted by Gasteiger charge is 2.63. The molecule has 1 aliphatic carbocycles. The molecule has 9 atom stereocenters. The van der Waals surface area contributed by atoms with Crippen LogP contribution in [0.1, 0.15) is 88.6 Å². The summed E-state index contributed by atoms with van der Waals surface area (Å²) >= 11 is 0. The molecule has 57 heavy (non-hydrogen) atoms. The average Bonchev–Trinajstić information content (AvgIpc) is 3.59. The number of aromatic nitrogens is 1. The van der Waals surface area contributed by atoms with Gasteiger partial charge in [-0.25, -0.2) is 0 Å². The highest BCUT2D eigenvalue weighted by atomic mass is 16.6. The van der Waals surface area contributed by atoms with Gasteiger partial charge in [0.05, 0.1) is 25.9 Å². The van der Waals surface area contributed by atoms with Crippen molar-refractivity contribution in [3.8, 4) is 5.75 Å². The molecule has 8 rings (SSSR count). The molecule has 3 N–H and O–H groups in total. The lowest BCUT2D eigenvalue weighted by molar-refractivity contribution is -0.205. The smallest absolute Gasteiger partial charge is 0.322 e. The van der Waals surface area contributed by atoms with Crippen LogP contribution in [0.5, 0.6) is 5.75 Å². The number of likely N-dealkylation sites (N-methyl/N-ethyl adjacent to an activating group) is 1. The molecule has 0 spiro atoms. The summed E-state index contributed by atoms with van der Waals surface area (Å²) in [6, 6.07) is 12.1. The Hall–Kier alpha value is -3.90. The van der Waals surface area contributed by atoms with Gasteiger partial charge in [0, 0.05) is 85.5 Å². The van der Waals surface area contributed by atoms with E-state index in [1.807, 2.05) is 33.0 Å². The number of hydrogen-bond donors (Lipinski definition) is 3. The van der Waals surface area contributed by atoms with Crippen LogP contribution in [0.25, 0.3) is 10.9 Å². The Bertz CT molecular complexity index is 2060. The van der Waals surface area contributed by atoms with Crippen molar-refractivity contribution in [2.45, 2.75) is 114 Å². The van der Waals surface area contributed by atoms with Crippen LogP contribution in [0.15, 0.2) is 48.6 Å². The number of aliphatic hydroxyl groups is 2. The van der Waals surface area contributed by atoms with E-state index in [1.165, 1.54) is 14.0 Å². The lowest BCUT2D eigenvalue weighted by Crippen LogP contribution is -2.73. The van der Waals surface area contributed by atoms with E-state index in [1.54, 1.807) is 7.11 Å². The van der Waals surface area contributed by atoms with Crippen molar-refractivity contribution in [1.29, 1.82) is 0 Å². The number of fused-ring (bicyclic) bond motifs is 7. The van der Waals surface area contributed by atoms with Crippen molar-refractivity contribution in [3.63, 3.8) is 0 Å². The summed E-state index contributed by atoms with van der Waals surface area (Å²) in [6.07, 6.45) is 8.94. The van der Waals surface area contributed by atoms with Gasteiger partial charge in [-0.2, -0.15) is 0 Å². The zero-order chi connectivity index (χ0) is 40.5. The van der Waals surface area contributed by atoms with E-state index in [-0.39, 0.29) is 17.9 Å². The van der Waals surface area contributed by atoms with Gasteiger partial charge >= 0.3 is 11.9 Å². The van der Waals surface area contributed by atoms with Crippen LogP contribution in [0.3, 0.4) is 0 Å². The number of nitrogens with zero attached hydrogens (tertiary/aromatic N) is 3. The number of benzene rings is 2. The minimum atomic E-state index is -1.41. The summed E-state index contributed by atoms with van der Waals surface area (Å²) in [5.41, 5.74) is 1.49. The predicted molar refractivity (Wildman–Crippen MR) is 221 cm³/mol. The number of ether oxygens (including phenoxy) is 3. The molecule has 1 saturated heterocycles. The molecule has 3 unspecified atom stereocenters. The van der Waals surface area contributed by atoms with Gasteiger partial charge in [-0.3, -0.25) is 19.4 Å². The minimum Gasteiger partial charge on any atom is -0.496 e. The van der Waals surface area contributed by atoms with Crippen molar-refractivity contribution in [2.75, 3.05) is 58.9 Å². The van der Waals surface area contributed by atoms with Gasteiger partial charge in [0.2, 0.25) is 0 Å². The normalized spacial score (nSPS) is 35.2. The number of para-hydroxylation sites is 1. The van der Waals surface area contributed by atoms with Gasteiger partial charge in [-0.05, 0) is 94.0 Å². The molecule has 11 nitrogen and oxygen atoms in total. The zero-order valence-electron chi connectivity index (χ0n) is 34.9. The number of methoxy groups -OCH3 is 2. The summed E-state index contributed by atoms with van der Waals surface area (Å²) in [5.74, 6) is -0.223. The van der Waals surface area contributed by atoms with Crippen molar-refractivity contribution >= 4 is 28.5 Å². The lowest BCUT2D eigenvalue weighted by Gasteiger charge is -2.61. The number of esters is 2. The van der Waals surface area contributed by atoms with Crippen LogP contribution in [-0.2, 0) is 37.3 Å². The Kier molecular flexibility index (Phi) is 10.3. The maximum absolute atomic E-state index is 15.1. The summed E-state index contributed by atoms with van der Waals surface area (Å²) in [5, 5.41) is 25.7. The Balaban J connectivity index is 1.34. The fourth-order valence-corrected chi connectivity index (χ4v) is 12.2. The molecule has 1 saturated carbocycles. The number of anilines is 1. The van der Waals surface area contributed by atoms with E-state index in [2.05, 4.69) is 63.0 Å². The number of carbonyl (C=O) groups is 2. The lowest BCUT2D eigenvalue weighted by atomic mass is 9.57. The second kappa shape index (κ2) is 14.7. The first-order valence-corrected chi connectivity index (χ1v) is 21.1. The van der Waals surface area contributed by atoms with Crippen molar-refractivity contribution in [2.24, 2.45) is 11.3 Å². The molecule has 2 fully saturated rings. The van der Waals surface area contributed by atoms with E-state index >= 15 is 4.79 Å². The molecule has 0 amide bonds. The second-order valence-electron chi connectivity index (χ2n) is 18.0. The van der Waals surface area contributed by atoms with Gasteiger partial charge < -0.3 is 34.3 Å². The number of hydrogen-bond acceptors (Lipinski definition) is 10. The molecule has 4 bridgehead atoms. The number of nitrogens with one attached hydrogen (secondary N) is 1. The molecule has 1 aromatic heterocycles. The van der Waals surface area contributed by atoms with Gasteiger partial charge in [0.15, 0.2) is 0 Å². The van der Waals surface area contributed by atoms with Gasteiger partial charge in [0.25, 0.3) is 0 Å². The fraction of sp³-hybridized carbons (Fsp3) is 0.609. The van der Waals surface area contributed by atoms with Crippen molar-refractivity contribution in [1.82, 2.24) is 14.8 Å². The number of carbonyl (C=O) groups excluding carboxylic acids is 2. The number of H-pyrrole nitrogens is 1. The maximum Gasteiger partial charge on any atom is 0.322 e. The van der Waals surface area contributed by atoms with Crippen molar-refractivity contribution < 1.29 is 34.0 Å². The maximum atomic E-state index is 15.1. The van der Waals surface area contributed by atoms with Crippen LogP contribution in [0.2, 0.25) is 0 Å². The summed E-state index contributed by atoms with van der Waals surface area (Å²) < 4.78 is 18.5. The second-order valence-corrected chi connectivity index (χ2v) is 18.0. The van der Waals surface area contributed by atoms with Crippen LogP contribution < -0.4 is 9.64 Å². The Labute approximate surface area is 337 Å². The zero-order valence-corrected chi connectivity index (χ0v) is 34.9. The standard InChI is InChI=1S/C46H62N4O7/c1-8-44(54)25-30-26-46(42(52)56-7,40-33(17-21-49(27-30)28-44)32-15-10-11-16-35(32)47-40)34-22-31-14-12-19-50-20-13-18-45(9-2)39(50)24-38(43(4,53)41(45)57-29(3)51)48(5)36(31)23-37(34)55-6/h10-11,13,15-16,18,22-23,30,38-39,41,47,53-54H,8-9,12,14,17,19-21,24-28H2,1-7H3/t30-,38?,39-,41+,43+,44?,45-,46+/m1/s1. The van der Waals surface area contributed by atoms with Gasteiger partial charge in [-0.1, -0.05) is 44.2 Å². The number of aromatic amines is 1. The van der Waals surface area contributed by atoms with Gasteiger partial charge in [-0.15, -0.1) is 0 Å². The monoisotopic (exact) mass is 782 g/mol. The third-order valence-corrected chi connectivity index (χ3v) is 14.9. The Morgan fingerprint density at radius 2 is 1.81 bits per heavy atom. The summed E-state index contributed by atoms with van der Waals surface area (Å²) in [7, 11) is 5.16. The topological polar surface area (TPSA) is 128 Å². The molecule has 4 aliphatic heterocycles. The fourth-order valence-electron chi connectivity index (χ4n) is 12.2. The number of rotatable bonds is 6. The molecular formula is C46H62N4O7. The molecule has 308 valence electrons. The van der Waals surface area contributed by atoms with Crippen molar-refractivity contribution in [3.05, 3.63) is 70.9 Å².